The summed E-state index contributed by atoms with van der Waals surface area (Å²) >= 11 is 6.35. The first-order chi connectivity index (χ1) is 16.4. The van der Waals surface area contributed by atoms with Crippen molar-refractivity contribution in [1.82, 2.24) is 20.2 Å². The highest BCUT2D eigenvalue weighted by molar-refractivity contribution is 6.33. The lowest BCUT2D eigenvalue weighted by Gasteiger charge is -2.24. The first-order valence-corrected chi connectivity index (χ1v) is 11.5. The smallest absolute Gasteiger partial charge is 0.146 e. The van der Waals surface area contributed by atoms with Gasteiger partial charge in [-0.05, 0) is 50.0 Å². The van der Waals surface area contributed by atoms with Crippen molar-refractivity contribution in [2.45, 2.75) is 25.9 Å². The van der Waals surface area contributed by atoms with Crippen molar-refractivity contribution in [3.63, 3.8) is 0 Å². The summed E-state index contributed by atoms with van der Waals surface area (Å²) in [7, 11) is 0. The number of hydrogen-bond donors (Lipinski definition) is 3. The molecule has 1 saturated heterocycles. The summed E-state index contributed by atoms with van der Waals surface area (Å²) in [6.07, 6.45) is 3.58. The highest BCUT2D eigenvalue weighted by Crippen LogP contribution is 2.33. The number of benzene rings is 2. The van der Waals surface area contributed by atoms with E-state index in [0.717, 1.165) is 25.9 Å². The molecule has 2 aromatic carbocycles. The van der Waals surface area contributed by atoms with Crippen LogP contribution in [0.3, 0.4) is 0 Å². The van der Waals surface area contributed by atoms with E-state index in [0.29, 0.717) is 41.2 Å². The van der Waals surface area contributed by atoms with Gasteiger partial charge in [-0.1, -0.05) is 42.4 Å². The summed E-state index contributed by atoms with van der Waals surface area (Å²) in [5.74, 6) is 0.595. The number of halogens is 3. The Kier molecular flexibility index (Phi) is 7.59. The second-order valence-corrected chi connectivity index (χ2v) is 8.68. The average Bonchev–Trinajstić information content (AvgIpc) is 3.12. The molecular formula is C25H27ClF2N6. The summed E-state index contributed by atoms with van der Waals surface area (Å²) in [5, 5.41) is 6.61. The van der Waals surface area contributed by atoms with E-state index >= 15 is 0 Å². The van der Waals surface area contributed by atoms with Gasteiger partial charge in [0.1, 0.15) is 34.8 Å². The van der Waals surface area contributed by atoms with Crippen LogP contribution in [0.5, 0.6) is 0 Å². The molecule has 0 spiro atoms. The monoisotopic (exact) mass is 484 g/mol. The Bertz CT molecular complexity index is 1180. The summed E-state index contributed by atoms with van der Waals surface area (Å²) < 4.78 is 30.4. The van der Waals surface area contributed by atoms with Gasteiger partial charge in [0.15, 0.2) is 0 Å². The lowest BCUT2D eigenvalue weighted by molar-refractivity contribution is 0.339. The topological polar surface area (TPSA) is 80.3 Å². The summed E-state index contributed by atoms with van der Waals surface area (Å²) in [4.78, 5) is 8.88. The zero-order valence-corrected chi connectivity index (χ0v) is 19.5. The fourth-order valence-corrected chi connectivity index (χ4v) is 4.28. The minimum Gasteiger partial charge on any atom is -0.383 e. The summed E-state index contributed by atoms with van der Waals surface area (Å²) in [5.41, 5.74) is 7.54. The van der Waals surface area contributed by atoms with Crippen LogP contribution in [0.15, 0.2) is 59.9 Å². The van der Waals surface area contributed by atoms with Crippen LogP contribution < -0.4 is 16.4 Å². The third kappa shape index (κ3) is 5.46. The molecule has 2 heterocycles. The molecule has 1 atom stereocenters. The Hall–Kier alpha value is -3.23. The number of aliphatic imine (C=N–C) groups is 1. The lowest BCUT2D eigenvalue weighted by atomic mass is 9.99. The minimum atomic E-state index is -0.472. The number of anilines is 1. The van der Waals surface area contributed by atoms with Crippen molar-refractivity contribution in [3.05, 3.63) is 82.8 Å². The standard InChI is InChI=1S/C25H27ClF2N6/c1-16(31-13-18-7-2-3-9-20(18)27)32-14-22-24(29)34(15-17-6-5-11-30-12-17)25(33-22)23-19(26)8-4-10-21(23)28/h2-4,7-10,14,17,30-31H,1,5-6,11-13,15,29H2/b32-14-/t17-/m0/s1. The maximum atomic E-state index is 14.8. The number of nitrogens with one attached hydrogen (secondary N) is 2. The highest BCUT2D eigenvalue weighted by Gasteiger charge is 2.23. The summed E-state index contributed by atoms with van der Waals surface area (Å²) in [6.45, 7) is 6.50. The molecule has 6 nitrogen and oxygen atoms in total. The average molecular weight is 485 g/mol. The van der Waals surface area contributed by atoms with Crippen molar-refractivity contribution in [2.75, 3.05) is 18.8 Å². The van der Waals surface area contributed by atoms with E-state index in [4.69, 9.17) is 17.3 Å². The van der Waals surface area contributed by atoms with Gasteiger partial charge in [-0.2, -0.15) is 0 Å². The van der Waals surface area contributed by atoms with E-state index in [1.54, 1.807) is 34.9 Å². The molecule has 1 aliphatic heterocycles. The van der Waals surface area contributed by atoms with Crippen molar-refractivity contribution < 1.29 is 8.78 Å². The molecule has 0 bridgehead atoms. The third-order valence-corrected chi connectivity index (χ3v) is 6.16. The molecule has 4 rings (SSSR count). The van der Waals surface area contributed by atoms with E-state index in [1.807, 2.05) is 0 Å². The van der Waals surface area contributed by atoms with Crippen molar-refractivity contribution >= 4 is 23.6 Å². The number of rotatable bonds is 8. The predicted octanol–water partition coefficient (Wildman–Crippen LogP) is 4.74. The number of nitrogens with two attached hydrogens (primary N) is 1. The van der Waals surface area contributed by atoms with Gasteiger partial charge in [-0.15, -0.1) is 0 Å². The Labute approximate surface area is 202 Å². The van der Waals surface area contributed by atoms with E-state index < -0.39 is 5.82 Å². The van der Waals surface area contributed by atoms with E-state index in [1.165, 1.54) is 18.3 Å². The molecule has 34 heavy (non-hydrogen) atoms. The molecule has 1 aromatic heterocycles. The van der Waals surface area contributed by atoms with Crippen LogP contribution in [0.4, 0.5) is 14.6 Å². The van der Waals surface area contributed by atoms with E-state index in [2.05, 4.69) is 27.2 Å². The van der Waals surface area contributed by atoms with Crippen molar-refractivity contribution in [3.8, 4) is 11.4 Å². The number of piperidine rings is 1. The fraction of sp³-hybridized carbons (Fsp3) is 0.280. The number of nitrogens with zero attached hydrogens (tertiary/aromatic N) is 3. The van der Waals surface area contributed by atoms with Crippen LogP contribution in [-0.2, 0) is 13.1 Å². The molecule has 0 radical (unpaired) electrons. The van der Waals surface area contributed by atoms with Gasteiger partial charge in [0.2, 0.25) is 0 Å². The SMILES string of the molecule is C=C(/N=C\c1nc(-c2c(F)cccc2Cl)n(C[C@H]2CCCNC2)c1N)NCc1ccccc1F. The molecule has 9 heteroatoms. The Morgan fingerprint density at radius 2 is 2.06 bits per heavy atom. The van der Waals surface area contributed by atoms with Gasteiger partial charge < -0.3 is 20.9 Å². The van der Waals surface area contributed by atoms with Crippen molar-refractivity contribution in [2.24, 2.45) is 10.9 Å². The first kappa shape index (κ1) is 23.9. The zero-order valence-electron chi connectivity index (χ0n) is 18.7. The predicted molar refractivity (Wildman–Crippen MR) is 133 cm³/mol. The van der Waals surface area contributed by atoms with Gasteiger partial charge in [0.05, 0.1) is 16.8 Å². The number of aromatic nitrogens is 2. The molecule has 0 aliphatic carbocycles. The van der Waals surface area contributed by atoms with Crippen LogP contribution in [0.25, 0.3) is 11.4 Å². The van der Waals surface area contributed by atoms with Crippen LogP contribution in [0, 0.1) is 17.6 Å². The van der Waals surface area contributed by atoms with Gasteiger partial charge >= 0.3 is 0 Å². The third-order valence-electron chi connectivity index (χ3n) is 5.84. The maximum absolute atomic E-state index is 14.8. The van der Waals surface area contributed by atoms with Gasteiger partial charge in [0, 0.05) is 18.7 Å². The quantitative estimate of drug-likeness (QED) is 0.403. The van der Waals surface area contributed by atoms with Crippen molar-refractivity contribution in [1.29, 1.82) is 0 Å². The molecule has 3 aromatic rings. The second kappa shape index (κ2) is 10.8. The molecule has 1 aliphatic rings. The second-order valence-electron chi connectivity index (χ2n) is 8.28. The van der Waals surface area contributed by atoms with Crippen LogP contribution >= 0.6 is 11.6 Å². The van der Waals surface area contributed by atoms with E-state index in [-0.39, 0.29) is 22.9 Å². The molecule has 4 N–H and O–H groups in total. The largest absolute Gasteiger partial charge is 0.383 e. The Morgan fingerprint density at radius 3 is 2.79 bits per heavy atom. The maximum Gasteiger partial charge on any atom is 0.146 e. The Balaban J connectivity index is 1.59. The Morgan fingerprint density at radius 1 is 1.26 bits per heavy atom. The van der Waals surface area contributed by atoms with Crippen LogP contribution in [0.2, 0.25) is 5.02 Å². The normalized spacial score (nSPS) is 16.1. The molecule has 0 saturated carbocycles. The molecular weight excluding hydrogens is 458 g/mol. The molecule has 0 unspecified atom stereocenters. The summed E-state index contributed by atoms with van der Waals surface area (Å²) in [6, 6.07) is 11.0. The minimum absolute atomic E-state index is 0.204. The van der Waals surface area contributed by atoms with Gasteiger partial charge in [0.25, 0.3) is 0 Å². The van der Waals surface area contributed by atoms with Crippen LogP contribution in [0.1, 0.15) is 24.1 Å². The van der Waals surface area contributed by atoms with Gasteiger partial charge in [-0.25, -0.2) is 18.8 Å². The van der Waals surface area contributed by atoms with E-state index in [9.17, 15) is 8.78 Å². The van der Waals surface area contributed by atoms with Crippen LogP contribution in [-0.4, -0.2) is 28.9 Å². The van der Waals surface area contributed by atoms with Gasteiger partial charge in [-0.3, -0.25) is 0 Å². The first-order valence-electron chi connectivity index (χ1n) is 11.2. The molecule has 1 fully saturated rings. The fourth-order valence-electron chi connectivity index (χ4n) is 4.03. The lowest BCUT2D eigenvalue weighted by Crippen LogP contribution is -2.32. The highest BCUT2D eigenvalue weighted by atomic mass is 35.5. The molecule has 0 amide bonds. The number of nitrogen functional groups attached to an aromatic ring is 1. The molecule has 178 valence electrons. The number of imidazole rings is 1. The zero-order chi connectivity index (χ0) is 24.1. The number of hydrogen-bond acceptors (Lipinski definition) is 5.